The standard InChI is InChI=1S/C22H26FN3O3/c1-29-20-10-3-2-9-18(20)19(26-11-4-5-12-26)14-24-21(27)15-25-22(28)16-7-6-8-17(23)13-16/h2-3,6-10,13,19H,4-5,11-12,14-15H2,1H3,(H,24,27)(H,25,28). The summed E-state index contributed by atoms with van der Waals surface area (Å²) in [6, 6.07) is 13.2. The van der Waals surface area contributed by atoms with E-state index in [0.717, 1.165) is 43.3 Å². The molecule has 2 amide bonds. The molecule has 0 spiro atoms. The van der Waals surface area contributed by atoms with E-state index in [1.54, 1.807) is 7.11 Å². The van der Waals surface area contributed by atoms with Crippen molar-refractivity contribution in [2.45, 2.75) is 18.9 Å². The summed E-state index contributed by atoms with van der Waals surface area (Å²) in [7, 11) is 1.64. The van der Waals surface area contributed by atoms with Crippen LogP contribution in [-0.2, 0) is 4.79 Å². The lowest BCUT2D eigenvalue weighted by Crippen LogP contribution is -2.41. The van der Waals surface area contributed by atoms with Crippen molar-refractivity contribution in [3.05, 3.63) is 65.5 Å². The monoisotopic (exact) mass is 399 g/mol. The van der Waals surface area contributed by atoms with Gasteiger partial charge >= 0.3 is 0 Å². The zero-order chi connectivity index (χ0) is 20.6. The summed E-state index contributed by atoms with van der Waals surface area (Å²) >= 11 is 0. The van der Waals surface area contributed by atoms with Gasteiger partial charge in [0.1, 0.15) is 11.6 Å². The van der Waals surface area contributed by atoms with Crippen molar-refractivity contribution in [3.8, 4) is 5.75 Å². The SMILES string of the molecule is COc1ccccc1C(CNC(=O)CNC(=O)c1cccc(F)c1)N1CCCC1. The van der Waals surface area contributed by atoms with Crippen molar-refractivity contribution in [1.82, 2.24) is 15.5 Å². The van der Waals surface area contributed by atoms with Crippen LogP contribution in [0.3, 0.4) is 0 Å². The van der Waals surface area contributed by atoms with E-state index in [1.807, 2.05) is 24.3 Å². The summed E-state index contributed by atoms with van der Waals surface area (Å²) in [5.41, 5.74) is 1.21. The van der Waals surface area contributed by atoms with E-state index in [0.29, 0.717) is 6.54 Å². The molecule has 0 saturated carbocycles. The summed E-state index contributed by atoms with van der Waals surface area (Å²) in [5.74, 6) is -0.486. The Hall–Kier alpha value is -2.93. The topological polar surface area (TPSA) is 70.7 Å². The maximum absolute atomic E-state index is 13.2. The fourth-order valence-corrected chi connectivity index (χ4v) is 3.60. The Bertz CT molecular complexity index is 853. The van der Waals surface area contributed by atoms with E-state index in [2.05, 4.69) is 15.5 Å². The van der Waals surface area contributed by atoms with E-state index in [1.165, 1.54) is 18.2 Å². The second kappa shape index (κ2) is 10.0. The first-order valence-electron chi connectivity index (χ1n) is 9.76. The smallest absolute Gasteiger partial charge is 0.251 e. The molecular formula is C22H26FN3O3. The highest BCUT2D eigenvalue weighted by molar-refractivity contribution is 5.96. The van der Waals surface area contributed by atoms with E-state index < -0.39 is 11.7 Å². The van der Waals surface area contributed by atoms with E-state index in [-0.39, 0.29) is 24.1 Å². The minimum atomic E-state index is -0.493. The Kier molecular flexibility index (Phi) is 7.19. The largest absolute Gasteiger partial charge is 0.496 e. The lowest BCUT2D eigenvalue weighted by molar-refractivity contribution is -0.120. The minimum absolute atomic E-state index is 0.00322. The number of nitrogens with one attached hydrogen (secondary N) is 2. The molecule has 2 aromatic carbocycles. The van der Waals surface area contributed by atoms with Gasteiger partial charge in [-0.2, -0.15) is 0 Å². The Morgan fingerprint density at radius 2 is 1.86 bits per heavy atom. The van der Waals surface area contributed by atoms with Crippen LogP contribution in [0.5, 0.6) is 5.75 Å². The van der Waals surface area contributed by atoms with E-state index in [4.69, 9.17) is 4.74 Å². The average molecular weight is 399 g/mol. The highest BCUT2D eigenvalue weighted by atomic mass is 19.1. The Morgan fingerprint density at radius 3 is 2.59 bits per heavy atom. The molecule has 1 heterocycles. The molecule has 3 rings (SSSR count). The Balaban J connectivity index is 1.59. The number of para-hydroxylation sites is 1. The second-order valence-corrected chi connectivity index (χ2v) is 7.00. The maximum atomic E-state index is 13.2. The molecule has 1 aliphatic heterocycles. The minimum Gasteiger partial charge on any atom is -0.496 e. The third-order valence-electron chi connectivity index (χ3n) is 5.07. The zero-order valence-electron chi connectivity index (χ0n) is 16.5. The van der Waals surface area contributed by atoms with Gasteiger partial charge < -0.3 is 15.4 Å². The van der Waals surface area contributed by atoms with Gasteiger partial charge in [0, 0.05) is 17.7 Å². The number of methoxy groups -OCH3 is 1. The quantitative estimate of drug-likeness (QED) is 0.716. The number of amides is 2. The van der Waals surface area contributed by atoms with E-state index in [9.17, 15) is 14.0 Å². The van der Waals surface area contributed by atoms with Crippen molar-refractivity contribution in [2.24, 2.45) is 0 Å². The van der Waals surface area contributed by atoms with Gasteiger partial charge in [-0.05, 0) is 50.2 Å². The van der Waals surface area contributed by atoms with Crippen LogP contribution >= 0.6 is 0 Å². The number of rotatable bonds is 8. The lowest BCUT2D eigenvalue weighted by Gasteiger charge is -2.29. The fourth-order valence-electron chi connectivity index (χ4n) is 3.60. The maximum Gasteiger partial charge on any atom is 0.251 e. The number of benzene rings is 2. The van der Waals surface area contributed by atoms with Gasteiger partial charge in [0.05, 0.1) is 19.7 Å². The van der Waals surface area contributed by atoms with Gasteiger partial charge in [-0.15, -0.1) is 0 Å². The van der Waals surface area contributed by atoms with Gasteiger partial charge in [0.2, 0.25) is 5.91 Å². The van der Waals surface area contributed by atoms with Crippen LogP contribution in [0.15, 0.2) is 48.5 Å². The van der Waals surface area contributed by atoms with Crippen LogP contribution in [0.2, 0.25) is 0 Å². The van der Waals surface area contributed by atoms with Crippen LogP contribution in [0.25, 0.3) is 0 Å². The molecule has 0 radical (unpaired) electrons. The lowest BCUT2D eigenvalue weighted by atomic mass is 10.0. The van der Waals surface area contributed by atoms with Crippen LogP contribution < -0.4 is 15.4 Å². The first-order chi connectivity index (χ1) is 14.1. The van der Waals surface area contributed by atoms with Crippen molar-refractivity contribution < 1.29 is 18.7 Å². The molecule has 2 aromatic rings. The van der Waals surface area contributed by atoms with Gasteiger partial charge in [-0.3, -0.25) is 14.5 Å². The number of carbonyl (C=O) groups excluding carboxylic acids is 2. The molecule has 0 aliphatic carbocycles. The summed E-state index contributed by atoms with van der Waals surface area (Å²) in [6.07, 6.45) is 2.26. The molecule has 1 atom stereocenters. The Morgan fingerprint density at radius 1 is 1.10 bits per heavy atom. The predicted octanol–water partition coefficient (Wildman–Crippen LogP) is 2.52. The van der Waals surface area contributed by atoms with Crippen LogP contribution in [0.1, 0.15) is 34.8 Å². The summed E-state index contributed by atoms with van der Waals surface area (Å²) in [4.78, 5) is 26.7. The third-order valence-corrected chi connectivity index (χ3v) is 5.07. The molecule has 0 bridgehead atoms. The first kappa shape index (κ1) is 20.8. The first-order valence-corrected chi connectivity index (χ1v) is 9.76. The van der Waals surface area contributed by atoms with Crippen molar-refractivity contribution in [2.75, 3.05) is 33.3 Å². The van der Waals surface area contributed by atoms with E-state index >= 15 is 0 Å². The van der Waals surface area contributed by atoms with Crippen LogP contribution in [-0.4, -0.2) is 50.0 Å². The highest BCUT2D eigenvalue weighted by Crippen LogP contribution is 2.31. The normalized spacial score (nSPS) is 15.0. The molecule has 1 unspecified atom stereocenters. The van der Waals surface area contributed by atoms with Gasteiger partial charge in [-0.1, -0.05) is 24.3 Å². The van der Waals surface area contributed by atoms with Crippen LogP contribution in [0, 0.1) is 5.82 Å². The number of hydrogen-bond acceptors (Lipinski definition) is 4. The number of halogens is 1. The average Bonchev–Trinajstić information content (AvgIpc) is 3.27. The molecule has 6 nitrogen and oxygen atoms in total. The number of nitrogens with zero attached hydrogens (tertiary/aromatic N) is 1. The zero-order valence-corrected chi connectivity index (χ0v) is 16.5. The molecule has 7 heteroatoms. The molecule has 1 aliphatic rings. The fraction of sp³-hybridized carbons (Fsp3) is 0.364. The summed E-state index contributed by atoms with van der Waals surface area (Å²) < 4.78 is 18.7. The molecule has 0 aromatic heterocycles. The number of carbonyl (C=O) groups is 2. The highest BCUT2D eigenvalue weighted by Gasteiger charge is 2.26. The summed E-state index contributed by atoms with van der Waals surface area (Å²) in [6.45, 7) is 2.17. The number of hydrogen-bond donors (Lipinski definition) is 2. The van der Waals surface area contributed by atoms with Crippen molar-refractivity contribution in [1.29, 1.82) is 0 Å². The molecule has 2 N–H and O–H groups in total. The van der Waals surface area contributed by atoms with Crippen molar-refractivity contribution in [3.63, 3.8) is 0 Å². The molecular weight excluding hydrogens is 373 g/mol. The molecule has 29 heavy (non-hydrogen) atoms. The van der Waals surface area contributed by atoms with Gasteiger partial charge in [0.25, 0.3) is 5.91 Å². The molecule has 1 fully saturated rings. The van der Waals surface area contributed by atoms with Gasteiger partial charge in [0.15, 0.2) is 0 Å². The third kappa shape index (κ3) is 5.54. The number of likely N-dealkylation sites (tertiary alicyclic amines) is 1. The second-order valence-electron chi connectivity index (χ2n) is 7.00. The van der Waals surface area contributed by atoms with Crippen molar-refractivity contribution >= 4 is 11.8 Å². The Labute approximate surface area is 170 Å². The molecule has 154 valence electrons. The predicted molar refractivity (Wildman–Crippen MR) is 108 cm³/mol. The van der Waals surface area contributed by atoms with Crippen LogP contribution in [0.4, 0.5) is 4.39 Å². The molecule has 1 saturated heterocycles. The number of ether oxygens (including phenoxy) is 1. The summed E-state index contributed by atoms with van der Waals surface area (Å²) in [5, 5.41) is 5.43. The van der Waals surface area contributed by atoms with Gasteiger partial charge in [-0.25, -0.2) is 4.39 Å².